The maximum Gasteiger partial charge on any atom is 0.338 e. The first kappa shape index (κ1) is 18.1. The van der Waals surface area contributed by atoms with Crippen molar-refractivity contribution in [3.05, 3.63) is 35.4 Å². The van der Waals surface area contributed by atoms with Crippen molar-refractivity contribution in [2.24, 2.45) is 5.73 Å². The maximum absolute atomic E-state index is 11.9. The molecule has 1 unspecified atom stereocenters. The zero-order valence-corrected chi connectivity index (χ0v) is 13.0. The molecule has 8 nitrogen and oxygen atoms in total. The van der Waals surface area contributed by atoms with E-state index in [2.05, 4.69) is 5.32 Å². The number of carboxylic acids is 1. The first-order chi connectivity index (χ1) is 10.5. The summed E-state index contributed by atoms with van der Waals surface area (Å²) in [6.07, 6.45) is 0. The van der Waals surface area contributed by atoms with E-state index in [4.69, 9.17) is 21.0 Å². The van der Waals surface area contributed by atoms with E-state index >= 15 is 0 Å². The Bertz CT molecular complexity index is 618. The van der Waals surface area contributed by atoms with Gasteiger partial charge in [0.2, 0.25) is 0 Å². The fourth-order valence-electron chi connectivity index (χ4n) is 1.58. The van der Waals surface area contributed by atoms with Crippen molar-refractivity contribution in [3.8, 4) is 0 Å². The van der Waals surface area contributed by atoms with Gasteiger partial charge in [-0.25, -0.2) is 9.59 Å². The van der Waals surface area contributed by atoms with Gasteiger partial charge in [-0.1, -0.05) is 0 Å². The highest BCUT2D eigenvalue weighted by Crippen LogP contribution is 2.13. The van der Waals surface area contributed by atoms with Crippen LogP contribution in [0.5, 0.6) is 0 Å². The summed E-state index contributed by atoms with van der Waals surface area (Å²) in [6, 6.07) is 3.90. The summed E-state index contributed by atoms with van der Waals surface area (Å²) in [7, 11) is 0. The van der Waals surface area contributed by atoms with Crippen molar-refractivity contribution in [1.82, 2.24) is 5.32 Å². The number of hydrogen-bond donors (Lipinski definition) is 4. The largest absolute Gasteiger partial charge is 0.479 e. The third-order valence-electron chi connectivity index (χ3n) is 2.62. The van der Waals surface area contributed by atoms with Gasteiger partial charge in [0, 0.05) is 5.56 Å². The number of ether oxygens (including phenoxy) is 1. The highest BCUT2D eigenvalue weighted by atomic mass is 16.6. The van der Waals surface area contributed by atoms with Crippen LogP contribution in [0, 0.1) is 5.41 Å². The number of amides is 1. The first-order valence-electron chi connectivity index (χ1n) is 6.72. The number of hydrogen-bond acceptors (Lipinski definition) is 5. The Morgan fingerprint density at radius 3 is 2.04 bits per heavy atom. The summed E-state index contributed by atoms with van der Waals surface area (Å²) < 4.78 is 5.19. The molecule has 0 aromatic heterocycles. The third kappa shape index (κ3) is 5.42. The predicted octanol–water partition coefficient (Wildman–Crippen LogP) is 0.761. The Hall–Kier alpha value is -2.90. The molecule has 0 radical (unpaired) electrons. The molecule has 0 bridgehead atoms. The van der Waals surface area contributed by atoms with E-state index < -0.39 is 35.3 Å². The van der Waals surface area contributed by atoms with Gasteiger partial charge in [-0.2, -0.15) is 0 Å². The van der Waals surface area contributed by atoms with Gasteiger partial charge in [-0.3, -0.25) is 10.2 Å². The Morgan fingerprint density at radius 1 is 1.17 bits per heavy atom. The molecule has 23 heavy (non-hydrogen) atoms. The van der Waals surface area contributed by atoms with Crippen LogP contribution in [-0.4, -0.2) is 40.4 Å². The topological polar surface area (TPSA) is 143 Å². The van der Waals surface area contributed by atoms with Crippen LogP contribution < -0.4 is 11.1 Å². The average Bonchev–Trinajstić information content (AvgIpc) is 2.42. The smallest absolute Gasteiger partial charge is 0.338 e. The highest BCUT2D eigenvalue weighted by molar-refractivity contribution is 6.07. The molecule has 1 amide bonds. The standard InChI is InChI=1S/C15H19N3O5/c1-15(2,3)23-14(22)9-6-4-8(5-7-9)12(19)18-10(11(16)17)13(20)21/h4-7,10H,1-3H3,(H3,16,17)(H,18,19)(H,20,21). The Kier molecular flexibility index (Phi) is 5.45. The molecule has 124 valence electrons. The van der Waals surface area contributed by atoms with E-state index in [9.17, 15) is 14.4 Å². The van der Waals surface area contributed by atoms with Crippen molar-refractivity contribution in [2.45, 2.75) is 32.4 Å². The highest BCUT2D eigenvalue weighted by Gasteiger charge is 2.24. The molecule has 0 spiro atoms. The number of nitrogens with two attached hydrogens (primary N) is 1. The van der Waals surface area contributed by atoms with E-state index in [1.165, 1.54) is 24.3 Å². The van der Waals surface area contributed by atoms with Crippen molar-refractivity contribution in [3.63, 3.8) is 0 Å². The van der Waals surface area contributed by atoms with Gasteiger partial charge < -0.3 is 20.9 Å². The first-order valence-corrected chi connectivity index (χ1v) is 6.72. The van der Waals surface area contributed by atoms with E-state index in [-0.39, 0.29) is 11.1 Å². The van der Waals surface area contributed by atoms with Crippen LogP contribution in [0.3, 0.4) is 0 Å². The summed E-state index contributed by atoms with van der Waals surface area (Å²) in [6.45, 7) is 5.21. The van der Waals surface area contributed by atoms with Gasteiger partial charge in [0.25, 0.3) is 5.91 Å². The number of aliphatic carboxylic acids is 1. The van der Waals surface area contributed by atoms with Crippen molar-refractivity contribution in [2.75, 3.05) is 0 Å². The molecule has 0 aliphatic heterocycles. The molecule has 5 N–H and O–H groups in total. The monoisotopic (exact) mass is 321 g/mol. The zero-order chi connectivity index (χ0) is 17.8. The van der Waals surface area contributed by atoms with Crippen molar-refractivity contribution < 1.29 is 24.2 Å². The second-order valence-electron chi connectivity index (χ2n) is 5.78. The molecule has 0 aliphatic carbocycles. The van der Waals surface area contributed by atoms with Gasteiger partial charge in [0.05, 0.1) is 5.56 Å². The summed E-state index contributed by atoms with van der Waals surface area (Å²) in [5, 5.41) is 18.1. The lowest BCUT2D eigenvalue weighted by molar-refractivity contribution is -0.137. The Morgan fingerprint density at radius 2 is 1.65 bits per heavy atom. The number of carbonyl (C=O) groups is 3. The molecular formula is C15H19N3O5. The van der Waals surface area contributed by atoms with Gasteiger partial charge >= 0.3 is 11.9 Å². The average molecular weight is 321 g/mol. The van der Waals surface area contributed by atoms with Crippen molar-refractivity contribution in [1.29, 1.82) is 5.41 Å². The van der Waals surface area contributed by atoms with E-state index in [1.54, 1.807) is 20.8 Å². The fraction of sp³-hybridized carbons (Fsp3) is 0.333. The minimum absolute atomic E-state index is 0.129. The van der Waals surface area contributed by atoms with Crippen LogP contribution in [0.4, 0.5) is 0 Å². The normalized spacial score (nSPS) is 12.1. The fourth-order valence-corrected chi connectivity index (χ4v) is 1.58. The minimum atomic E-state index is -1.60. The molecule has 1 aromatic rings. The summed E-state index contributed by atoms with van der Waals surface area (Å²) in [5.41, 5.74) is 4.87. The summed E-state index contributed by atoms with van der Waals surface area (Å²) >= 11 is 0. The Balaban J connectivity index is 2.84. The van der Waals surface area contributed by atoms with Crippen LogP contribution in [0.25, 0.3) is 0 Å². The van der Waals surface area contributed by atoms with Crippen LogP contribution in [0.1, 0.15) is 41.5 Å². The molecule has 1 aromatic carbocycles. The van der Waals surface area contributed by atoms with Crippen LogP contribution in [0.2, 0.25) is 0 Å². The van der Waals surface area contributed by atoms with E-state index in [0.29, 0.717) is 0 Å². The maximum atomic E-state index is 11.9. The van der Waals surface area contributed by atoms with E-state index in [1.807, 2.05) is 0 Å². The molecule has 0 heterocycles. The van der Waals surface area contributed by atoms with E-state index in [0.717, 1.165) is 0 Å². The molecule has 1 rings (SSSR count). The molecule has 0 fully saturated rings. The SMILES string of the molecule is CC(C)(C)OC(=O)c1ccc(C(=O)NC(C(=N)N)C(=O)O)cc1. The summed E-state index contributed by atoms with van der Waals surface area (Å²) in [5.74, 6) is -3.37. The molecular weight excluding hydrogens is 302 g/mol. The quantitative estimate of drug-likeness (QED) is 0.358. The molecule has 0 aliphatic rings. The summed E-state index contributed by atoms with van der Waals surface area (Å²) in [4.78, 5) is 34.7. The zero-order valence-electron chi connectivity index (χ0n) is 13.0. The molecule has 0 saturated carbocycles. The molecule has 0 saturated heterocycles. The Labute approximate surface area is 133 Å². The van der Waals surface area contributed by atoms with Gasteiger partial charge in [-0.15, -0.1) is 0 Å². The van der Waals surface area contributed by atoms with Crippen molar-refractivity contribution >= 4 is 23.7 Å². The third-order valence-corrected chi connectivity index (χ3v) is 2.62. The molecule has 8 heteroatoms. The number of carboxylic acid groups (broad SMARTS) is 1. The molecule has 1 atom stereocenters. The van der Waals surface area contributed by atoms with Gasteiger partial charge in [-0.05, 0) is 45.0 Å². The number of benzene rings is 1. The number of esters is 1. The lowest BCUT2D eigenvalue weighted by Gasteiger charge is -2.19. The van der Waals surface area contributed by atoms with Crippen LogP contribution >= 0.6 is 0 Å². The van der Waals surface area contributed by atoms with Crippen LogP contribution in [-0.2, 0) is 9.53 Å². The number of nitrogens with one attached hydrogen (secondary N) is 2. The number of carbonyl (C=O) groups excluding carboxylic acids is 2. The lowest BCUT2D eigenvalue weighted by Crippen LogP contribution is -2.49. The number of rotatable bonds is 5. The number of amidine groups is 1. The predicted molar refractivity (Wildman–Crippen MR) is 82.4 cm³/mol. The van der Waals surface area contributed by atoms with Gasteiger partial charge in [0.1, 0.15) is 11.4 Å². The lowest BCUT2D eigenvalue weighted by atomic mass is 10.1. The second kappa shape index (κ2) is 6.91. The van der Waals surface area contributed by atoms with Gasteiger partial charge in [0.15, 0.2) is 6.04 Å². The second-order valence-corrected chi connectivity index (χ2v) is 5.78. The minimum Gasteiger partial charge on any atom is -0.479 e. The van der Waals surface area contributed by atoms with Crippen LogP contribution in [0.15, 0.2) is 24.3 Å².